The smallest absolute Gasteiger partial charge is 0.212 e. The molecule has 1 aliphatic heterocycles. The second kappa shape index (κ2) is 7.43. The van der Waals surface area contributed by atoms with E-state index in [2.05, 4.69) is 0 Å². The Bertz CT molecular complexity index is 153. The first kappa shape index (κ1) is 12.6. The van der Waals surface area contributed by atoms with E-state index in [1.807, 2.05) is 0 Å². The summed E-state index contributed by atoms with van der Waals surface area (Å²) in [5.74, 6) is 0.698. The predicted molar refractivity (Wildman–Crippen MR) is 65.4 cm³/mol. The van der Waals surface area contributed by atoms with E-state index in [1.54, 1.807) is 0 Å². The minimum absolute atomic E-state index is 0.285. The van der Waals surface area contributed by atoms with Crippen LogP contribution in [0.1, 0.15) is 57.8 Å². The zero-order chi connectivity index (χ0) is 11.1. The standard InChI is InChI=1S/C12H24O3Si/c1-2-4-7-11(8-5-3-1)12-9-6-10-16-15-14-13-12/h11-12H,1-10,16H2. The molecule has 0 spiro atoms. The average molecular weight is 244 g/mol. The van der Waals surface area contributed by atoms with Crippen LogP contribution in [0.2, 0.25) is 6.04 Å². The van der Waals surface area contributed by atoms with Crippen LogP contribution in [-0.2, 0) is 14.5 Å². The van der Waals surface area contributed by atoms with Crippen molar-refractivity contribution in [1.82, 2.24) is 0 Å². The molecular weight excluding hydrogens is 220 g/mol. The molecule has 2 rings (SSSR count). The predicted octanol–water partition coefficient (Wildman–Crippen LogP) is 2.89. The molecule has 0 radical (unpaired) electrons. The summed E-state index contributed by atoms with van der Waals surface area (Å²) in [5, 5.41) is 4.87. The van der Waals surface area contributed by atoms with Gasteiger partial charge in [0, 0.05) is 0 Å². The zero-order valence-corrected chi connectivity index (χ0v) is 11.6. The van der Waals surface area contributed by atoms with Crippen molar-refractivity contribution in [2.75, 3.05) is 0 Å². The first-order valence-corrected chi connectivity index (χ1v) is 8.49. The summed E-state index contributed by atoms with van der Waals surface area (Å²) in [6, 6.07) is 1.23. The number of hydrogen-bond donors (Lipinski definition) is 0. The van der Waals surface area contributed by atoms with E-state index >= 15 is 0 Å². The molecule has 0 N–H and O–H groups in total. The summed E-state index contributed by atoms with van der Waals surface area (Å²) in [6.45, 7) is 0. The quantitative estimate of drug-likeness (QED) is 0.524. The third kappa shape index (κ3) is 4.16. The maximum atomic E-state index is 5.43. The lowest BCUT2D eigenvalue weighted by molar-refractivity contribution is -0.492. The summed E-state index contributed by atoms with van der Waals surface area (Å²) < 4.78 is 5.07. The Balaban J connectivity index is 1.81. The molecule has 1 saturated heterocycles. The zero-order valence-electron chi connectivity index (χ0n) is 10.2. The summed E-state index contributed by atoms with van der Waals surface area (Å²) >= 11 is 0. The highest BCUT2D eigenvalue weighted by molar-refractivity contribution is 6.26. The molecule has 1 saturated carbocycles. The monoisotopic (exact) mass is 244 g/mol. The van der Waals surface area contributed by atoms with Gasteiger partial charge in [0.2, 0.25) is 9.76 Å². The van der Waals surface area contributed by atoms with Crippen LogP contribution in [0.4, 0.5) is 0 Å². The van der Waals surface area contributed by atoms with Gasteiger partial charge in [-0.1, -0.05) is 43.6 Å². The first-order valence-electron chi connectivity index (χ1n) is 6.92. The van der Waals surface area contributed by atoms with E-state index in [0.717, 1.165) is 0 Å². The molecule has 1 atom stereocenters. The SMILES string of the molecule is C1CCCC(C2CCC[SiH2]OOO2)CCC1. The van der Waals surface area contributed by atoms with Gasteiger partial charge in [0.05, 0.1) is 6.10 Å². The van der Waals surface area contributed by atoms with Crippen LogP contribution in [0.5, 0.6) is 0 Å². The minimum atomic E-state index is -0.459. The van der Waals surface area contributed by atoms with Crippen molar-refractivity contribution in [3.8, 4) is 0 Å². The van der Waals surface area contributed by atoms with E-state index in [-0.39, 0.29) is 6.10 Å². The fraction of sp³-hybridized carbons (Fsp3) is 1.00. The highest BCUT2D eigenvalue weighted by Gasteiger charge is 2.24. The lowest BCUT2D eigenvalue weighted by Crippen LogP contribution is -2.27. The number of rotatable bonds is 1. The van der Waals surface area contributed by atoms with Gasteiger partial charge in [0.25, 0.3) is 0 Å². The molecule has 1 unspecified atom stereocenters. The molecule has 0 amide bonds. The lowest BCUT2D eigenvalue weighted by atomic mass is 9.86. The molecular formula is C12H24O3Si. The summed E-state index contributed by atoms with van der Waals surface area (Å²) in [7, 11) is -0.459. The first-order chi connectivity index (χ1) is 7.97. The van der Waals surface area contributed by atoms with Crippen LogP contribution in [0.3, 0.4) is 0 Å². The molecule has 3 nitrogen and oxygen atoms in total. The van der Waals surface area contributed by atoms with Crippen LogP contribution in [0, 0.1) is 5.92 Å². The fourth-order valence-electron chi connectivity index (χ4n) is 2.84. The van der Waals surface area contributed by atoms with Crippen LogP contribution < -0.4 is 0 Å². The van der Waals surface area contributed by atoms with Gasteiger partial charge in [-0.05, 0) is 31.2 Å². The normalized spacial score (nSPS) is 32.6. The van der Waals surface area contributed by atoms with Gasteiger partial charge in [0.1, 0.15) is 0 Å². The molecule has 0 aromatic heterocycles. The van der Waals surface area contributed by atoms with E-state index in [9.17, 15) is 0 Å². The molecule has 16 heavy (non-hydrogen) atoms. The van der Waals surface area contributed by atoms with Crippen LogP contribution in [-0.4, -0.2) is 15.9 Å². The molecule has 1 aliphatic carbocycles. The fourth-order valence-corrected chi connectivity index (χ4v) is 3.57. The summed E-state index contributed by atoms with van der Waals surface area (Å²) in [6.07, 6.45) is 12.3. The van der Waals surface area contributed by atoms with Crippen molar-refractivity contribution in [2.45, 2.75) is 69.9 Å². The molecule has 0 bridgehead atoms. The van der Waals surface area contributed by atoms with Gasteiger partial charge in [0.15, 0.2) is 0 Å². The van der Waals surface area contributed by atoms with E-state index < -0.39 is 9.76 Å². The molecule has 1 heterocycles. The molecule has 0 aromatic rings. The van der Waals surface area contributed by atoms with Crippen LogP contribution >= 0.6 is 0 Å². The van der Waals surface area contributed by atoms with Crippen LogP contribution in [0.15, 0.2) is 0 Å². The lowest BCUT2D eigenvalue weighted by Gasteiger charge is -2.28. The largest absolute Gasteiger partial charge is 0.265 e. The maximum absolute atomic E-state index is 5.43. The molecule has 4 heteroatoms. The van der Waals surface area contributed by atoms with Gasteiger partial charge >= 0.3 is 0 Å². The Hall–Kier alpha value is 0.0969. The Morgan fingerprint density at radius 3 is 2.38 bits per heavy atom. The molecule has 2 fully saturated rings. The van der Waals surface area contributed by atoms with Crippen LogP contribution in [0.25, 0.3) is 0 Å². The maximum Gasteiger partial charge on any atom is 0.212 e. The average Bonchev–Trinajstić information content (AvgIpc) is 2.18. The Morgan fingerprint density at radius 2 is 1.56 bits per heavy atom. The summed E-state index contributed by atoms with van der Waals surface area (Å²) in [4.78, 5) is 5.43. The number of hydrogen-bond acceptors (Lipinski definition) is 3. The van der Waals surface area contributed by atoms with E-state index in [0.29, 0.717) is 5.92 Å². The Labute approximate surface area is 101 Å². The molecule has 94 valence electrons. The highest BCUT2D eigenvalue weighted by atomic mass is 28.2. The minimum Gasteiger partial charge on any atom is -0.265 e. The van der Waals surface area contributed by atoms with Gasteiger partial charge in [-0.15, -0.1) is 0 Å². The second-order valence-corrected chi connectivity index (χ2v) is 6.48. The van der Waals surface area contributed by atoms with Crippen molar-refractivity contribution in [2.24, 2.45) is 5.92 Å². The van der Waals surface area contributed by atoms with Gasteiger partial charge < -0.3 is 0 Å². The second-order valence-electron chi connectivity index (χ2n) is 5.13. The topological polar surface area (TPSA) is 27.7 Å². The van der Waals surface area contributed by atoms with Gasteiger partial charge in [-0.2, -0.15) is 0 Å². The highest BCUT2D eigenvalue weighted by Crippen LogP contribution is 2.29. The van der Waals surface area contributed by atoms with E-state index in [1.165, 1.54) is 63.8 Å². The Morgan fingerprint density at radius 1 is 0.812 bits per heavy atom. The van der Waals surface area contributed by atoms with Crippen molar-refractivity contribution in [3.05, 3.63) is 0 Å². The van der Waals surface area contributed by atoms with Crippen molar-refractivity contribution in [3.63, 3.8) is 0 Å². The summed E-state index contributed by atoms with van der Waals surface area (Å²) in [5.41, 5.74) is 0. The Kier molecular flexibility index (Phi) is 5.83. The van der Waals surface area contributed by atoms with Gasteiger partial charge in [-0.25, -0.2) is 4.89 Å². The van der Waals surface area contributed by atoms with Crippen molar-refractivity contribution in [1.29, 1.82) is 0 Å². The molecule has 2 aliphatic rings. The third-order valence-corrected chi connectivity index (χ3v) is 4.90. The van der Waals surface area contributed by atoms with Crippen molar-refractivity contribution >= 4 is 9.76 Å². The van der Waals surface area contributed by atoms with Gasteiger partial charge in [-0.3, -0.25) is 4.58 Å². The molecule has 0 aromatic carbocycles. The van der Waals surface area contributed by atoms with E-state index in [4.69, 9.17) is 14.5 Å². The van der Waals surface area contributed by atoms with Crippen molar-refractivity contribution < 1.29 is 14.5 Å². The third-order valence-electron chi connectivity index (χ3n) is 3.85.